The van der Waals surface area contributed by atoms with Gasteiger partial charge in [0.2, 0.25) is 5.71 Å². The molecule has 0 aliphatic heterocycles. The molecule has 1 aliphatic carbocycles. The molecule has 0 spiro atoms. The summed E-state index contributed by atoms with van der Waals surface area (Å²) < 4.78 is 8.50. The van der Waals surface area contributed by atoms with Crippen molar-refractivity contribution in [2.45, 2.75) is 64.7 Å². The second kappa shape index (κ2) is 13.4. The quantitative estimate of drug-likeness (QED) is 0.132. The van der Waals surface area contributed by atoms with Crippen LogP contribution in [0.1, 0.15) is 43.8 Å². The van der Waals surface area contributed by atoms with Gasteiger partial charge >= 0.3 is 0 Å². The van der Waals surface area contributed by atoms with Crippen LogP contribution in [-0.2, 0) is 20.1 Å². The van der Waals surface area contributed by atoms with Crippen LogP contribution in [0, 0.1) is 19.1 Å². The van der Waals surface area contributed by atoms with Crippen LogP contribution < -0.4 is 5.19 Å². The van der Waals surface area contributed by atoms with Gasteiger partial charge in [-0.05, 0) is 54.9 Å². The molecule has 1 fully saturated rings. The zero-order valence-electron chi connectivity index (χ0n) is 26.8. The van der Waals surface area contributed by atoms with E-state index in [0.717, 1.165) is 50.2 Å². The van der Waals surface area contributed by atoms with Gasteiger partial charge < -0.3 is 14.0 Å². The first-order valence-electron chi connectivity index (χ1n) is 16.0. The summed E-state index contributed by atoms with van der Waals surface area (Å²) in [6, 6.07) is 36.2. The third-order valence-corrected chi connectivity index (χ3v) is 10.8. The fourth-order valence-corrected chi connectivity index (χ4v) is 7.40. The van der Waals surface area contributed by atoms with Gasteiger partial charge in [-0.2, -0.15) is 0 Å². The molecule has 8 rings (SSSR count). The van der Waals surface area contributed by atoms with Crippen LogP contribution >= 0.6 is 0 Å². The average Bonchev–Trinajstić information content (AvgIpc) is 3.64. The van der Waals surface area contributed by atoms with Gasteiger partial charge in [-0.1, -0.05) is 74.1 Å². The van der Waals surface area contributed by atoms with Gasteiger partial charge in [0.1, 0.15) is 0 Å². The van der Waals surface area contributed by atoms with Crippen molar-refractivity contribution in [3.63, 3.8) is 0 Å². The van der Waals surface area contributed by atoms with Crippen molar-refractivity contribution in [3.05, 3.63) is 109 Å². The summed E-state index contributed by atoms with van der Waals surface area (Å²) in [5, 5.41) is 3.44. The van der Waals surface area contributed by atoms with E-state index in [-0.39, 0.29) is 20.1 Å². The van der Waals surface area contributed by atoms with Gasteiger partial charge in [-0.15, -0.1) is 54.1 Å². The number of aromatic nitrogens is 4. The molecule has 235 valence electrons. The third kappa shape index (κ3) is 6.37. The number of pyridine rings is 2. The first-order valence-corrected chi connectivity index (χ1v) is 19.5. The number of imidazole rings is 1. The second-order valence-corrected chi connectivity index (χ2v) is 18.1. The molecule has 7 aromatic rings. The standard InChI is InChI=1S/C20H19N2OSi.C19H19N2.Ir/c1-13-8-10-16-15-6-5-7-17(19(15)23-20(16)22-13)18-11-9-14(12-21-18)24(2,3)4;1-3-9-15(10-4-1)19-20-17-13-7-8-14-18(17)21(19)16-11-5-2-6-12-16;/h5-6,8-12H,1-4H3;1,3-4,7-9,13-14,16H,2,5-6,11-12H2;/q2*-1;. The predicted octanol–water partition coefficient (Wildman–Crippen LogP) is 9.70. The Labute approximate surface area is 285 Å². The molecule has 46 heavy (non-hydrogen) atoms. The molecule has 3 aromatic carbocycles. The van der Waals surface area contributed by atoms with Crippen molar-refractivity contribution in [3.8, 4) is 22.6 Å². The Bertz CT molecular complexity index is 2090. The maximum atomic E-state index is 6.04. The molecular weight excluding hydrogens is 761 g/mol. The summed E-state index contributed by atoms with van der Waals surface area (Å²) in [5.41, 5.74) is 7.66. The second-order valence-electron chi connectivity index (χ2n) is 13.0. The van der Waals surface area contributed by atoms with Crippen LogP contribution in [0.5, 0.6) is 0 Å². The number of hydrogen-bond donors (Lipinski definition) is 0. The zero-order valence-corrected chi connectivity index (χ0v) is 30.2. The number of rotatable bonds is 4. The van der Waals surface area contributed by atoms with E-state index >= 15 is 0 Å². The Hall–Kier alpha value is -3.90. The molecule has 0 saturated heterocycles. The van der Waals surface area contributed by atoms with E-state index in [9.17, 15) is 0 Å². The van der Waals surface area contributed by atoms with Gasteiger partial charge in [0, 0.05) is 43.4 Å². The van der Waals surface area contributed by atoms with Crippen LogP contribution in [0.4, 0.5) is 0 Å². The molecule has 5 nitrogen and oxygen atoms in total. The molecule has 0 atom stereocenters. The maximum absolute atomic E-state index is 6.04. The van der Waals surface area contributed by atoms with Crippen LogP contribution in [0.3, 0.4) is 0 Å². The SMILES string of the molecule is Cc1ccc2c(n1)oc1c(-c3ccc([Si](C)(C)C)cn3)[c-]ccc12.[Ir].[c-]1ccccc1-c1nc2ccccc2n1C1CCCCC1. The minimum atomic E-state index is -1.35. The summed E-state index contributed by atoms with van der Waals surface area (Å²) in [6.45, 7) is 8.94. The molecule has 1 radical (unpaired) electrons. The summed E-state index contributed by atoms with van der Waals surface area (Å²) in [7, 11) is -1.35. The van der Waals surface area contributed by atoms with Crippen molar-refractivity contribution in [2.24, 2.45) is 0 Å². The Balaban J connectivity index is 0.000000159. The number of furan rings is 1. The van der Waals surface area contributed by atoms with E-state index in [1.807, 2.05) is 43.5 Å². The Morgan fingerprint density at radius 1 is 0.804 bits per heavy atom. The number of para-hydroxylation sites is 2. The van der Waals surface area contributed by atoms with E-state index in [1.165, 1.54) is 42.8 Å². The fraction of sp³-hybridized carbons (Fsp3) is 0.256. The molecule has 0 bridgehead atoms. The minimum Gasteiger partial charge on any atom is -0.486 e. The van der Waals surface area contributed by atoms with E-state index in [4.69, 9.17) is 9.40 Å². The van der Waals surface area contributed by atoms with Gasteiger partial charge in [0.15, 0.2) is 0 Å². The predicted molar refractivity (Wildman–Crippen MR) is 187 cm³/mol. The molecular formula is C39H38IrN4OSi-2. The first kappa shape index (κ1) is 32.1. The van der Waals surface area contributed by atoms with Crippen LogP contribution in [0.2, 0.25) is 19.6 Å². The van der Waals surface area contributed by atoms with Crippen LogP contribution in [0.25, 0.3) is 55.7 Å². The van der Waals surface area contributed by atoms with E-state index < -0.39 is 8.07 Å². The zero-order chi connectivity index (χ0) is 31.0. The van der Waals surface area contributed by atoms with E-state index in [0.29, 0.717) is 11.8 Å². The number of benzene rings is 3. The molecule has 0 amide bonds. The van der Waals surface area contributed by atoms with Gasteiger partial charge in [-0.25, -0.2) is 4.98 Å². The molecule has 0 unspecified atom stereocenters. The van der Waals surface area contributed by atoms with Crippen molar-refractivity contribution in [1.82, 2.24) is 19.5 Å². The molecule has 4 heterocycles. The fourth-order valence-electron chi connectivity index (χ4n) is 6.37. The van der Waals surface area contributed by atoms with E-state index in [1.54, 1.807) is 0 Å². The Morgan fingerprint density at radius 3 is 2.35 bits per heavy atom. The normalized spacial score (nSPS) is 13.8. The number of fused-ring (bicyclic) bond motifs is 4. The van der Waals surface area contributed by atoms with Crippen molar-refractivity contribution in [2.75, 3.05) is 0 Å². The summed E-state index contributed by atoms with van der Waals surface area (Å²) in [4.78, 5) is 14.1. The maximum Gasteiger partial charge on any atom is 0.216 e. The summed E-state index contributed by atoms with van der Waals surface area (Å²) in [5.74, 6) is 1.07. The number of aryl methyl sites for hydroxylation is 1. The monoisotopic (exact) mass is 799 g/mol. The number of nitrogens with zero attached hydrogens (tertiary/aromatic N) is 4. The number of hydrogen-bond acceptors (Lipinski definition) is 4. The van der Waals surface area contributed by atoms with Crippen molar-refractivity contribution < 1.29 is 24.5 Å². The molecule has 1 saturated carbocycles. The van der Waals surface area contributed by atoms with Crippen molar-refractivity contribution in [1.29, 1.82) is 0 Å². The van der Waals surface area contributed by atoms with Gasteiger partial charge in [0.25, 0.3) is 0 Å². The first-order chi connectivity index (χ1) is 21.9. The summed E-state index contributed by atoms with van der Waals surface area (Å²) in [6.07, 6.45) is 8.56. The molecule has 4 aromatic heterocycles. The summed E-state index contributed by atoms with van der Waals surface area (Å²) >= 11 is 0. The Morgan fingerprint density at radius 2 is 1.61 bits per heavy atom. The minimum absolute atomic E-state index is 0. The average molecular weight is 799 g/mol. The van der Waals surface area contributed by atoms with E-state index in [2.05, 4.69) is 101 Å². The van der Waals surface area contributed by atoms with Crippen LogP contribution in [0.15, 0.2) is 95.5 Å². The molecule has 0 N–H and O–H groups in total. The van der Waals surface area contributed by atoms with Gasteiger partial charge in [-0.3, -0.25) is 4.98 Å². The van der Waals surface area contributed by atoms with Gasteiger partial charge in [0.05, 0.1) is 30.5 Å². The largest absolute Gasteiger partial charge is 0.486 e. The van der Waals surface area contributed by atoms with Crippen LogP contribution in [-0.4, -0.2) is 27.6 Å². The molecule has 1 aliphatic rings. The third-order valence-electron chi connectivity index (χ3n) is 8.81. The Kier molecular flexibility index (Phi) is 9.37. The smallest absolute Gasteiger partial charge is 0.216 e. The topological polar surface area (TPSA) is 56.7 Å². The molecule has 7 heteroatoms. The van der Waals surface area contributed by atoms with Crippen molar-refractivity contribution >= 4 is 46.4 Å².